The molecule has 0 heterocycles. The van der Waals surface area contributed by atoms with Crippen molar-refractivity contribution in [3.05, 3.63) is 23.8 Å². The molecule has 84 valence electrons. The lowest BCUT2D eigenvalue weighted by atomic mass is 10.2. The Hall–Kier alpha value is -1.22. The first-order valence-corrected chi connectivity index (χ1v) is 5.22. The van der Waals surface area contributed by atoms with Crippen molar-refractivity contribution in [2.45, 2.75) is 13.3 Å². The topological polar surface area (TPSA) is 38.5 Å². The van der Waals surface area contributed by atoms with E-state index >= 15 is 0 Å². The monoisotopic (exact) mass is 208 g/mol. The van der Waals surface area contributed by atoms with Crippen molar-refractivity contribution in [2.24, 2.45) is 0 Å². The number of nitrogens with zero attached hydrogens (tertiary/aromatic N) is 1. The van der Waals surface area contributed by atoms with E-state index in [0.29, 0.717) is 0 Å². The lowest BCUT2D eigenvalue weighted by molar-refractivity contribution is 0.281. The quantitative estimate of drug-likeness (QED) is 0.593. The van der Waals surface area contributed by atoms with Gasteiger partial charge in [-0.25, -0.2) is 0 Å². The van der Waals surface area contributed by atoms with E-state index < -0.39 is 0 Å². The van der Waals surface area contributed by atoms with Gasteiger partial charge in [0.1, 0.15) is 5.75 Å². The van der Waals surface area contributed by atoms with Gasteiger partial charge in [-0.1, -0.05) is 0 Å². The van der Waals surface area contributed by atoms with Gasteiger partial charge in [0.15, 0.2) is 0 Å². The standard InChI is InChI=1S/C12H20N2O/c1-10-7-11(13)9-12(8-10)15-6-4-5-14(2)3/h7-9H,4-6,13H2,1-3H3. The van der Waals surface area contributed by atoms with E-state index in [2.05, 4.69) is 19.0 Å². The fourth-order valence-corrected chi connectivity index (χ4v) is 1.43. The molecular weight excluding hydrogens is 188 g/mol. The molecule has 0 spiro atoms. The third-order valence-electron chi connectivity index (χ3n) is 2.09. The maximum atomic E-state index is 5.72. The number of nitrogen functional groups attached to an aromatic ring is 1. The normalized spacial score (nSPS) is 10.7. The predicted octanol–water partition coefficient (Wildman–Crippen LogP) is 1.91. The van der Waals surface area contributed by atoms with Crippen molar-refractivity contribution < 1.29 is 4.74 Å². The molecule has 0 atom stereocenters. The zero-order valence-electron chi connectivity index (χ0n) is 9.79. The summed E-state index contributed by atoms with van der Waals surface area (Å²) >= 11 is 0. The highest BCUT2D eigenvalue weighted by molar-refractivity contribution is 5.47. The molecule has 1 rings (SSSR count). The SMILES string of the molecule is Cc1cc(N)cc(OCCCN(C)C)c1. The molecule has 0 fully saturated rings. The lowest BCUT2D eigenvalue weighted by Crippen LogP contribution is -2.15. The van der Waals surface area contributed by atoms with Crippen LogP contribution in [0, 0.1) is 6.92 Å². The van der Waals surface area contributed by atoms with Gasteiger partial charge in [-0.3, -0.25) is 0 Å². The number of anilines is 1. The van der Waals surface area contributed by atoms with E-state index in [4.69, 9.17) is 10.5 Å². The number of benzene rings is 1. The Morgan fingerprint density at radius 1 is 1.27 bits per heavy atom. The Balaban J connectivity index is 2.37. The summed E-state index contributed by atoms with van der Waals surface area (Å²) in [7, 11) is 4.12. The van der Waals surface area contributed by atoms with E-state index in [0.717, 1.165) is 36.6 Å². The molecule has 1 aromatic carbocycles. The molecular formula is C12H20N2O. The minimum absolute atomic E-state index is 0.737. The summed E-state index contributed by atoms with van der Waals surface area (Å²) in [5.74, 6) is 0.867. The van der Waals surface area contributed by atoms with Crippen LogP contribution in [0.2, 0.25) is 0 Å². The van der Waals surface area contributed by atoms with Crippen LogP contribution >= 0.6 is 0 Å². The fraction of sp³-hybridized carbons (Fsp3) is 0.500. The number of nitrogens with two attached hydrogens (primary N) is 1. The molecule has 0 saturated heterocycles. The number of rotatable bonds is 5. The molecule has 0 aliphatic carbocycles. The smallest absolute Gasteiger partial charge is 0.121 e. The number of hydrogen-bond donors (Lipinski definition) is 1. The molecule has 0 bridgehead atoms. The van der Waals surface area contributed by atoms with Crippen molar-refractivity contribution in [3.8, 4) is 5.75 Å². The van der Waals surface area contributed by atoms with Crippen molar-refractivity contribution >= 4 is 5.69 Å². The second-order valence-electron chi connectivity index (χ2n) is 4.08. The lowest BCUT2D eigenvalue weighted by Gasteiger charge is -2.11. The summed E-state index contributed by atoms with van der Waals surface area (Å²) < 4.78 is 5.61. The van der Waals surface area contributed by atoms with E-state index in [1.54, 1.807) is 0 Å². The van der Waals surface area contributed by atoms with Crippen LogP contribution in [-0.2, 0) is 0 Å². The summed E-state index contributed by atoms with van der Waals surface area (Å²) in [6.45, 7) is 3.80. The van der Waals surface area contributed by atoms with E-state index in [1.807, 2.05) is 25.1 Å². The van der Waals surface area contributed by atoms with Crippen LogP contribution in [-0.4, -0.2) is 32.1 Å². The Labute approximate surface area is 91.8 Å². The molecule has 0 aliphatic rings. The Bertz CT molecular complexity index is 290. The van der Waals surface area contributed by atoms with Crippen LogP contribution < -0.4 is 10.5 Å². The second kappa shape index (κ2) is 5.61. The van der Waals surface area contributed by atoms with Gasteiger partial charge in [-0.2, -0.15) is 0 Å². The average Bonchev–Trinajstić information content (AvgIpc) is 2.10. The molecule has 0 radical (unpaired) electrons. The molecule has 0 amide bonds. The highest BCUT2D eigenvalue weighted by atomic mass is 16.5. The van der Waals surface area contributed by atoms with Crippen LogP contribution in [0.1, 0.15) is 12.0 Å². The van der Waals surface area contributed by atoms with E-state index in [-0.39, 0.29) is 0 Å². The molecule has 2 N–H and O–H groups in total. The number of ether oxygens (including phenoxy) is 1. The van der Waals surface area contributed by atoms with E-state index in [1.165, 1.54) is 0 Å². The van der Waals surface area contributed by atoms with Crippen molar-refractivity contribution in [2.75, 3.05) is 33.0 Å². The van der Waals surface area contributed by atoms with Crippen molar-refractivity contribution in [1.29, 1.82) is 0 Å². The molecule has 0 aromatic heterocycles. The van der Waals surface area contributed by atoms with Crippen LogP contribution in [0.5, 0.6) is 5.75 Å². The maximum Gasteiger partial charge on any atom is 0.121 e. The van der Waals surface area contributed by atoms with Crippen molar-refractivity contribution in [1.82, 2.24) is 4.90 Å². The van der Waals surface area contributed by atoms with Gasteiger partial charge >= 0.3 is 0 Å². The van der Waals surface area contributed by atoms with Gasteiger partial charge in [0.25, 0.3) is 0 Å². The van der Waals surface area contributed by atoms with Gasteiger partial charge in [0.05, 0.1) is 6.61 Å². The molecule has 0 saturated carbocycles. The predicted molar refractivity (Wildman–Crippen MR) is 64.3 cm³/mol. The second-order valence-corrected chi connectivity index (χ2v) is 4.08. The van der Waals surface area contributed by atoms with Gasteiger partial charge in [0, 0.05) is 18.3 Å². The summed E-state index contributed by atoms with van der Waals surface area (Å²) in [5.41, 5.74) is 7.62. The summed E-state index contributed by atoms with van der Waals surface area (Å²) in [6, 6.07) is 5.81. The highest BCUT2D eigenvalue weighted by Gasteiger charge is 1.97. The molecule has 0 unspecified atom stereocenters. The largest absolute Gasteiger partial charge is 0.493 e. The first-order chi connectivity index (χ1) is 7.08. The van der Waals surface area contributed by atoms with Crippen molar-refractivity contribution in [3.63, 3.8) is 0 Å². The van der Waals surface area contributed by atoms with Gasteiger partial charge < -0.3 is 15.4 Å². The minimum Gasteiger partial charge on any atom is -0.493 e. The number of hydrogen-bond acceptors (Lipinski definition) is 3. The summed E-state index contributed by atoms with van der Waals surface area (Å²) in [4.78, 5) is 2.15. The molecule has 0 aliphatic heterocycles. The maximum absolute atomic E-state index is 5.72. The third-order valence-corrected chi connectivity index (χ3v) is 2.09. The van der Waals surface area contributed by atoms with E-state index in [9.17, 15) is 0 Å². The Morgan fingerprint density at radius 2 is 2.00 bits per heavy atom. The van der Waals surface area contributed by atoms with Crippen LogP contribution in [0.15, 0.2) is 18.2 Å². The van der Waals surface area contributed by atoms with Crippen LogP contribution in [0.4, 0.5) is 5.69 Å². The Morgan fingerprint density at radius 3 is 2.60 bits per heavy atom. The van der Waals surface area contributed by atoms with Gasteiger partial charge in [-0.05, 0) is 45.1 Å². The fourth-order valence-electron chi connectivity index (χ4n) is 1.43. The highest BCUT2D eigenvalue weighted by Crippen LogP contribution is 2.18. The molecule has 15 heavy (non-hydrogen) atoms. The molecule has 1 aromatic rings. The average molecular weight is 208 g/mol. The van der Waals surface area contributed by atoms with Gasteiger partial charge in [-0.15, -0.1) is 0 Å². The first kappa shape index (κ1) is 11.9. The summed E-state index contributed by atoms with van der Waals surface area (Å²) in [5, 5.41) is 0. The zero-order valence-corrected chi connectivity index (χ0v) is 9.79. The minimum atomic E-state index is 0.737. The first-order valence-electron chi connectivity index (χ1n) is 5.22. The third kappa shape index (κ3) is 4.70. The van der Waals surface area contributed by atoms with Gasteiger partial charge in [0.2, 0.25) is 0 Å². The molecule has 3 heteroatoms. The zero-order chi connectivity index (χ0) is 11.3. The number of aryl methyl sites for hydroxylation is 1. The van der Waals surface area contributed by atoms with Crippen LogP contribution in [0.25, 0.3) is 0 Å². The summed E-state index contributed by atoms with van der Waals surface area (Å²) in [6.07, 6.45) is 1.03. The Kier molecular flexibility index (Phi) is 4.43. The van der Waals surface area contributed by atoms with Crippen LogP contribution in [0.3, 0.4) is 0 Å². The molecule has 3 nitrogen and oxygen atoms in total.